The van der Waals surface area contributed by atoms with Crippen molar-refractivity contribution >= 4 is 11.4 Å². The molecule has 0 bridgehead atoms. The van der Waals surface area contributed by atoms with Crippen LogP contribution in [0.1, 0.15) is 18.1 Å². The van der Waals surface area contributed by atoms with E-state index < -0.39 is 0 Å². The zero-order chi connectivity index (χ0) is 14.2. The van der Waals surface area contributed by atoms with Gasteiger partial charge in [-0.3, -0.25) is 0 Å². The predicted octanol–water partition coefficient (Wildman–Crippen LogP) is 3.72. The lowest BCUT2D eigenvalue weighted by Crippen LogP contribution is -2.48. The zero-order valence-electron chi connectivity index (χ0n) is 12.5. The number of anilines is 2. The molecule has 0 amide bonds. The van der Waals surface area contributed by atoms with Gasteiger partial charge in [-0.2, -0.15) is 0 Å². The Morgan fingerprint density at radius 2 is 1.71 bits per heavy atom. The van der Waals surface area contributed by atoms with Crippen LogP contribution in [0.4, 0.5) is 11.4 Å². The summed E-state index contributed by atoms with van der Waals surface area (Å²) in [5.74, 6) is 0.733. The Labute approximate surface area is 126 Å². The minimum absolute atomic E-state index is 0.559. The second kappa shape index (κ2) is 5.10. The molecule has 0 aromatic heterocycles. The van der Waals surface area contributed by atoms with Crippen LogP contribution >= 0.6 is 0 Å². The van der Waals surface area contributed by atoms with E-state index in [4.69, 9.17) is 0 Å². The van der Waals surface area contributed by atoms with Crippen LogP contribution in [-0.4, -0.2) is 19.1 Å². The summed E-state index contributed by atoms with van der Waals surface area (Å²) < 4.78 is 0. The topological polar surface area (TPSA) is 15.3 Å². The van der Waals surface area contributed by atoms with E-state index in [0.717, 1.165) is 18.9 Å². The Morgan fingerprint density at radius 3 is 2.62 bits per heavy atom. The number of rotatable bonds is 1. The maximum atomic E-state index is 3.61. The molecule has 2 aromatic carbocycles. The Morgan fingerprint density at radius 1 is 0.952 bits per heavy atom. The van der Waals surface area contributed by atoms with E-state index >= 15 is 0 Å². The molecular weight excluding hydrogens is 256 g/mol. The summed E-state index contributed by atoms with van der Waals surface area (Å²) in [5.41, 5.74) is 5.72. The van der Waals surface area contributed by atoms with Crippen LogP contribution in [0.5, 0.6) is 0 Å². The first-order chi connectivity index (χ1) is 10.3. The van der Waals surface area contributed by atoms with Crippen molar-refractivity contribution in [2.75, 3.05) is 23.3 Å². The molecule has 2 unspecified atom stereocenters. The maximum Gasteiger partial charge on any atom is 0.0503 e. The van der Waals surface area contributed by atoms with E-state index in [1.165, 1.54) is 35.5 Å². The van der Waals surface area contributed by atoms with E-state index in [9.17, 15) is 0 Å². The van der Waals surface area contributed by atoms with Crippen molar-refractivity contribution in [2.45, 2.75) is 25.8 Å². The predicted molar refractivity (Wildman–Crippen MR) is 89.1 cm³/mol. The van der Waals surface area contributed by atoms with Crippen LogP contribution in [0.3, 0.4) is 0 Å². The number of benzene rings is 2. The molecule has 1 N–H and O–H groups in total. The molecule has 2 nitrogen and oxygen atoms in total. The number of hydrogen-bond acceptors (Lipinski definition) is 2. The summed E-state index contributed by atoms with van der Waals surface area (Å²) in [4.78, 5) is 2.63. The molecule has 2 aromatic rings. The summed E-state index contributed by atoms with van der Waals surface area (Å²) in [6, 6.07) is 18.2. The van der Waals surface area contributed by atoms with Crippen molar-refractivity contribution in [2.24, 2.45) is 5.92 Å². The summed E-state index contributed by atoms with van der Waals surface area (Å²) in [7, 11) is 0. The monoisotopic (exact) mass is 278 g/mol. The van der Waals surface area contributed by atoms with Gasteiger partial charge < -0.3 is 10.2 Å². The largest absolute Gasteiger partial charge is 0.383 e. The van der Waals surface area contributed by atoms with Crippen LogP contribution < -0.4 is 10.2 Å². The summed E-state index contributed by atoms with van der Waals surface area (Å²) in [6.07, 6.45) is 2.35. The standard InChI is InChI=1S/C19H22N2/c1-14-10-16-7-3-5-9-19(16)21(13-14)17-11-15-6-2-4-8-18(15)20-12-17/h2-9,14,17,20H,10-13H2,1H3. The van der Waals surface area contributed by atoms with Gasteiger partial charge in [-0.05, 0) is 42.0 Å². The second-order valence-electron chi connectivity index (χ2n) is 6.49. The van der Waals surface area contributed by atoms with E-state index in [1.54, 1.807) is 0 Å². The molecule has 0 saturated heterocycles. The molecule has 0 radical (unpaired) electrons. The molecule has 21 heavy (non-hydrogen) atoms. The molecule has 2 heterocycles. The van der Waals surface area contributed by atoms with Gasteiger partial charge in [0.15, 0.2) is 0 Å². The van der Waals surface area contributed by atoms with Gasteiger partial charge in [-0.1, -0.05) is 43.3 Å². The van der Waals surface area contributed by atoms with Crippen molar-refractivity contribution in [3.05, 3.63) is 59.7 Å². The highest BCUT2D eigenvalue weighted by atomic mass is 15.2. The van der Waals surface area contributed by atoms with Crippen LogP contribution in [0, 0.1) is 5.92 Å². The highest BCUT2D eigenvalue weighted by Crippen LogP contribution is 2.33. The maximum absolute atomic E-state index is 3.61. The van der Waals surface area contributed by atoms with Crippen molar-refractivity contribution in [3.8, 4) is 0 Å². The lowest BCUT2D eigenvalue weighted by molar-refractivity contribution is 0.481. The molecule has 0 fully saturated rings. The van der Waals surface area contributed by atoms with E-state index in [-0.39, 0.29) is 0 Å². The second-order valence-corrected chi connectivity index (χ2v) is 6.49. The summed E-state index contributed by atoms with van der Waals surface area (Å²) in [5, 5.41) is 3.61. The fourth-order valence-electron chi connectivity index (χ4n) is 3.83. The number of fused-ring (bicyclic) bond motifs is 2. The first kappa shape index (κ1) is 12.8. The SMILES string of the molecule is CC1Cc2ccccc2N(C2CNc3ccccc3C2)C1. The van der Waals surface area contributed by atoms with Crippen molar-refractivity contribution in [3.63, 3.8) is 0 Å². The summed E-state index contributed by atoms with van der Waals surface area (Å²) >= 11 is 0. The molecule has 2 aliphatic heterocycles. The lowest BCUT2D eigenvalue weighted by atomic mass is 9.90. The van der Waals surface area contributed by atoms with Gasteiger partial charge in [0.1, 0.15) is 0 Å². The van der Waals surface area contributed by atoms with E-state index in [2.05, 4.69) is 65.7 Å². The Bertz CT molecular complexity index is 650. The highest BCUT2D eigenvalue weighted by molar-refractivity contribution is 5.60. The Hall–Kier alpha value is -1.96. The smallest absolute Gasteiger partial charge is 0.0503 e. The minimum atomic E-state index is 0.559. The van der Waals surface area contributed by atoms with Crippen molar-refractivity contribution in [1.29, 1.82) is 0 Å². The summed E-state index contributed by atoms with van der Waals surface area (Å²) in [6.45, 7) is 4.58. The third kappa shape index (κ3) is 2.29. The van der Waals surface area contributed by atoms with Crippen molar-refractivity contribution < 1.29 is 0 Å². The van der Waals surface area contributed by atoms with Crippen LogP contribution in [0.25, 0.3) is 0 Å². The Kier molecular flexibility index (Phi) is 3.10. The molecule has 0 spiro atoms. The van der Waals surface area contributed by atoms with Crippen LogP contribution in [0.15, 0.2) is 48.5 Å². The molecular formula is C19H22N2. The first-order valence-corrected chi connectivity index (χ1v) is 7.97. The zero-order valence-corrected chi connectivity index (χ0v) is 12.5. The van der Waals surface area contributed by atoms with Crippen LogP contribution in [0.2, 0.25) is 0 Å². The fourth-order valence-corrected chi connectivity index (χ4v) is 3.83. The van der Waals surface area contributed by atoms with Gasteiger partial charge in [-0.25, -0.2) is 0 Å². The normalized spacial score (nSPS) is 24.0. The average molecular weight is 278 g/mol. The average Bonchev–Trinajstić information content (AvgIpc) is 2.53. The first-order valence-electron chi connectivity index (χ1n) is 7.97. The number of hydrogen-bond donors (Lipinski definition) is 1. The fraction of sp³-hybridized carbons (Fsp3) is 0.368. The highest BCUT2D eigenvalue weighted by Gasteiger charge is 2.29. The third-order valence-corrected chi connectivity index (χ3v) is 4.82. The molecule has 2 aliphatic rings. The van der Waals surface area contributed by atoms with Gasteiger partial charge in [-0.15, -0.1) is 0 Å². The number of nitrogens with zero attached hydrogens (tertiary/aromatic N) is 1. The van der Waals surface area contributed by atoms with Gasteiger partial charge in [0.2, 0.25) is 0 Å². The van der Waals surface area contributed by atoms with E-state index in [1.807, 2.05) is 0 Å². The number of para-hydroxylation sites is 2. The molecule has 108 valence electrons. The van der Waals surface area contributed by atoms with Gasteiger partial charge in [0.25, 0.3) is 0 Å². The van der Waals surface area contributed by atoms with Crippen LogP contribution in [-0.2, 0) is 12.8 Å². The molecule has 0 aliphatic carbocycles. The molecule has 4 rings (SSSR count). The molecule has 2 heteroatoms. The quantitative estimate of drug-likeness (QED) is 0.855. The van der Waals surface area contributed by atoms with Gasteiger partial charge in [0.05, 0.1) is 6.04 Å². The third-order valence-electron chi connectivity index (χ3n) is 4.82. The lowest BCUT2D eigenvalue weighted by Gasteiger charge is -2.42. The molecule has 0 saturated carbocycles. The Balaban J connectivity index is 1.66. The van der Waals surface area contributed by atoms with E-state index in [0.29, 0.717) is 6.04 Å². The molecule has 2 atom stereocenters. The van der Waals surface area contributed by atoms with Gasteiger partial charge >= 0.3 is 0 Å². The minimum Gasteiger partial charge on any atom is -0.383 e. The number of nitrogens with one attached hydrogen (secondary N) is 1. The van der Waals surface area contributed by atoms with Crippen molar-refractivity contribution in [1.82, 2.24) is 0 Å². The van der Waals surface area contributed by atoms with Gasteiger partial charge in [0, 0.05) is 24.5 Å².